The topological polar surface area (TPSA) is 58.4 Å². The van der Waals surface area contributed by atoms with Crippen LogP contribution in [0.15, 0.2) is 12.5 Å². The monoisotopic (exact) mass is 277 g/mol. The van der Waals surface area contributed by atoms with E-state index in [1.807, 2.05) is 4.57 Å². The largest absolute Gasteiger partial charge is 0.480 e. The maximum absolute atomic E-state index is 12.4. The van der Waals surface area contributed by atoms with Gasteiger partial charge in [0.15, 0.2) is 0 Å². The molecule has 0 radical (unpaired) electrons. The summed E-state index contributed by atoms with van der Waals surface area (Å²) in [5.74, 6) is -1.28. The fraction of sp³-hybridized carbons (Fsp3) is 0.636. The first-order valence-corrected chi connectivity index (χ1v) is 5.87. The van der Waals surface area contributed by atoms with Crippen LogP contribution in [0, 0.1) is 0 Å². The summed E-state index contributed by atoms with van der Waals surface area (Å²) in [4.78, 5) is 15.4. The van der Waals surface area contributed by atoms with Crippen molar-refractivity contribution in [3.05, 3.63) is 18.2 Å². The van der Waals surface area contributed by atoms with Gasteiger partial charge in [0.2, 0.25) is 0 Å². The number of imidazole rings is 1. The second-order valence-electron chi connectivity index (χ2n) is 4.68. The number of aromatic nitrogens is 2. The molecule has 1 aromatic rings. The molecule has 2 rings (SSSR count). The summed E-state index contributed by atoms with van der Waals surface area (Å²) in [6.07, 6.45) is 0.631. The number of alkyl halides is 3. The number of hydrogen-bond acceptors (Lipinski definition) is 3. The molecule has 1 N–H and O–H groups in total. The van der Waals surface area contributed by atoms with Crippen molar-refractivity contribution in [1.29, 1.82) is 0 Å². The summed E-state index contributed by atoms with van der Waals surface area (Å²) < 4.78 is 39.0. The van der Waals surface area contributed by atoms with Crippen molar-refractivity contribution < 1.29 is 23.1 Å². The molecule has 0 aliphatic heterocycles. The molecule has 1 aromatic heterocycles. The van der Waals surface area contributed by atoms with Gasteiger partial charge in [0.05, 0.1) is 25.1 Å². The Kier molecular flexibility index (Phi) is 3.79. The maximum Gasteiger partial charge on any atom is 0.401 e. The SMILES string of the molecule is O=C(O)CN(Cc1cncn1C1CC1)CC(F)(F)F. The summed E-state index contributed by atoms with van der Waals surface area (Å²) in [6.45, 7) is -1.95. The predicted octanol–water partition coefficient (Wildman–Crippen LogP) is 1.67. The molecule has 0 spiro atoms. The smallest absolute Gasteiger partial charge is 0.401 e. The lowest BCUT2D eigenvalue weighted by Gasteiger charge is -2.22. The normalized spacial score (nSPS) is 16.0. The summed E-state index contributed by atoms with van der Waals surface area (Å²) in [7, 11) is 0. The van der Waals surface area contributed by atoms with E-state index in [-0.39, 0.29) is 6.54 Å². The third-order valence-corrected chi connectivity index (χ3v) is 2.83. The van der Waals surface area contributed by atoms with E-state index in [2.05, 4.69) is 4.98 Å². The van der Waals surface area contributed by atoms with E-state index in [4.69, 9.17) is 5.11 Å². The molecule has 1 aliphatic rings. The highest BCUT2D eigenvalue weighted by atomic mass is 19.4. The van der Waals surface area contributed by atoms with Gasteiger partial charge in [-0.05, 0) is 12.8 Å². The average molecular weight is 277 g/mol. The molecule has 0 aromatic carbocycles. The molecule has 0 saturated heterocycles. The number of carboxylic acids is 1. The molecule has 0 amide bonds. The van der Waals surface area contributed by atoms with Gasteiger partial charge in [0.1, 0.15) is 0 Å². The van der Waals surface area contributed by atoms with Crippen molar-refractivity contribution in [2.45, 2.75) is 31.6 Å². The number of aliphatic carboxylic acids is 1. The Hall–Kier alpha value is -1.57. The minimum atomic E-state index is -4.42. The molecular weight excluding hydrogens is 263 g/mol. The van der Waals surface area contributed by atoms with Crippen LogP contribution in [0.1, 0.15) is 24.6 Å². The van der Waals surface area contributed by atoms with Gasteiger partial charge in [0.25, 0.3) is 0 Å². The van der Waals surface area contributed by atoms with Crippen LogP contribution in [-0.4, -0.2) is 44.8 Å². The third-order valence-electron chi connectivity index (χ3n) is 2.83. The molecular formula is C11H14F3N3O2. The van der Waals surface area contributed by atoms with Crippen LogP contribution in [0.4, 0.5) is 13.2 Å². The molecule has 0 unspecified atom stereocenters. The van der Waals surface area contributed by atoms with Crippen LogP contribution in [0.2, 0.25) is 0 Å². The first-order chi connectivity index (χ1) is 8.85. The van der Waals surface area contributed by atoms with Gasteiger partial charge in [-0.3, -0.25) is 9.69 Å². The fourth-order valence-corrected chi connectivity index (χ4v) is 1.98. The van der Waals surface area contributed by atoms with E-state index >= 15 is 0 Å². The molecule has 1 fully saturated rings. The molecule has 1 saturated carbocycles. The molecule has 1 aliphatic carbocycles. The van der Waals surface area contributed by atoms with Gasteiger partial charge in [-0.25, -0.2) is 4.98 Å². The first kappa shape index (κ1) is 13.9. The zero-order valence-electron chi connectivity index (χ0n) is 10.1. The number of hydrogen-bond donors (Lipinski definition) is 1. The molecule has 0 atom stereocenters. The summed E-state index contributed by atoms with van der Waals surface area (Å²) in [5, 5.41) is 8.67. The predicted molar refractivity (Wildman–Crippen MR) is 59.5 cm³/mol. The lowest BCUT2D eigenvalue weighted by Crippen LogP contribution is -2.37. The van der Waals surface area contributed by atoms with Gasteiger partial charge in [-0.2, -0.15) is 13.2 Å². The van der Waals surface area contributed by atoms with E-state index in [1.165, 1.54) is 6.20 Å². The fourth-order valence-electron chi connectivity index (χ4n) is 1.98. The van der Waals surface area contributed by atoms with E-state index in [1.54, 1.807) is 6.33 Å². The first-order valence-electron chi connectivity index (χ1n) is 5.87. The van der Waals surface area contributed by atoms with Gasteiger partial charge >= 0.3 is 12.1 Å². The summed E-state index contributed by atoms with van der Waals surface area (Å²) in [5.41, 5.74) is 0.619. The molecule has 0 bridgehead atoms. The Bertz CT molecular complexity index is 454. The standard InChI is InChI=1S/C11H14F3N3O2/c12-11(13,14)6-16(5-10(18)19)4-9-3-15-7-17(9)8-1-2-8/h3,7-8H,1-2,4-6H2,(H,18,19). The van der Waals surface area contributed by atoms with Crippen molar-refractivity contribution in [3.63, 3.8) is 0 Å². The zero-order valence-corrected chi connectivity index (χ0v) is 10.1. The second kappa shape index (κ2) is 5.20. The molecule has 19 heavy (non-hydrogen) atoms. The van der Waals surface area contributed by atoms with Crippen molar-refractivity contribution in [2.24, 2.45) is 0 Å². The third kappa shape index (κ3) is 4.23. The van der Waals surface area contributed by atoms with Gasteiger partial charge in [0, 0.05) is 18.8 Å². The Morgan fingerprint density at radius 1 is 1.53 bits per heavy atom. The number of rotatable bonds is 6. The highest BCUT2D eigenvalue weighted by Crippen LogP contribution is 2.35. The molecule has 8 heteroatoms. The zero-order chi connectivity index (χ0) is 14.0. The van der Waals surface area contributed by atoms with Gasteiger partial charge in [-0.15, -0.1) is 0 Å². The van der Waals surface area contributed by atoms with Crippen LogP contribution >= 0.6 is 0 Å². The van der Waals surface area contributed by atoms with Crippen LogP contribution in [0.3, 0.4) is 0 Å². The van der Waals surface area contributed by atoms with Crippen LogP contribution < -0.4 is 0 Å². The maximum atomic E-state index is 12.4. The summed E-state index contributed by atoms with van der Waals surface area (Å²) >= 11 is 0. The van der Waals surface area contributed by atoms with Gasteiger partial charge < -0.3 is 9.67 Å². The number of carbonyl (C=O) groups is 1. The molecule has 5 nitrogen and oxygen atoms in total. The Morgan fingerprint density at radius 3 is 2.74 bits per heavy atom. The average Bonchev–Trinajstić information content (AvgIpc) is 2.97. The van der Waals surface area contributed by atoms with Crippen LogP contribution in [-0.2, 0) is 11.3 Å². The highest BCUT2D eigenvalue weighted by molar-refractivity contribution is 5.69. The van der Waals surface area contributed by atoms with Crippen molar-refractivity contribution >= 4 is 5.97 Å². The minimum Gasteiger partial charge on any atom is -0.480 e. The highest BCUT2D eigenvalue weighted by Gasteiger charge is 2.32. The second-order valence-corrected chi connectivity index (χ2v) is 4.68. The number of nitrogens with zero attached hydrogens (tertiary/aromatic N) is 3. The summed E-state index contributed by atoms with van der Waals surface area (Å²) in [6, 6.07) is 0.301. The quantitative estimate of drug-likeness (QED) is 0.859. The van der Waals surface area contributed by atoms with Gasteiger partial charge in [-0.1, -0.05) is 0 Å². The van der Waals surface area contributed by atoms with E-state index < -0.39 is 25.2 Å². The van der Waals surface area contributed by atoms with E-state index in [0.717, 1.165) is 17.7 Å². The van der Waals surface area contributed by atoms with E-state index in [9.17, 15) is 18.0 Å². The Morgan fingerprint density at radius 2 is 2.21 bits per heavy atom. The van der Waals surface area contributed by atoms with Crippen molar-refractivity contribution in [1.82, 2.24) is 14.5 Å². The molecule has 106 valence electrons. The van der Waals surface area contributed by atoms with Crippen LogP contribution in [0.5, 0.6) is 0 Å². The lowest BCUT2D eigenvalue weighted by molar-refractivity contribution is -0.155. The Balaban J connectivity index is 2.05. The number of halogens is 3. The van der Waals surface area contributed by atoms with E-state index in [0.29, 0.717) is 11.7 Å². The minimum absolute atomic E-state index is 0.0672. The lowest BCUT2D eigenvalue weighted by atomic mass is 10.3. The molecule has 1 heterocycles. The van der Waals surface area contributed by atoms with Crippen LogP contribution in [0.25, 0.3) is 0 Å². The van der Waals surface area contributed by atoms with Crippen molar-refractivity contribution in [3.8, 4) is 0 Å². The number of carboxylic acid groups (broad SMARTS) is 1. The Labute approximate surface area is 107 Å². The van der Waals surface area contributed by atoms with Crippen molar-refractivity contribution in [2.75, 3.05) is 13.1 Å².